The van der Waals surface area contributed by atoms with Crippen molar-refractivity contribution in [3.63, 3.8) is 0 Å². The van der Waals surface area contributed by atoms with Crippen LogP contribution in [0.15, 0.2) is 18.2 Å². The predicted molar refractivity (Wildman–Crippen MR) is 111 cm³/mol. The number of nitrogens with zero attached hydrogens (tertiary/aromatic N) is 1. The molecule has 0 spiro atoms. The zero-order valence-electron chi connectivity index (χ0n) is 18.5. The Balaban J connectivity index is 2.19. The molecule has 0 amide bonds. The van der Waals surface area contributed by atoms with Crippen molar-refractivity contribution in [3.8, 4) is 17.2 Å². The topological polar surface area (TPSA) is 85.2 Å². The number of carbonyl (C=O) groups excluding carboxylic acids is 2. The van der Waals surface area contributed by atoms with E-state index in [0.29, 0.717) is 23.7 Å². The Morgan fingerprint density at radius 1 is 0.900 bits per heavy atom. The maximum absolute atomic E-state index is 12.7. The molecule has 164 valence electrons. The Morgan fingerprint density at radius 3 is 2.07 bits per heavy atom. The molecule has 1 aromatic heterocycles. The molecule has 0 aliphatic rings. The molecule has 0 fully saturated rings. The van der Waals surface area contributed by atoms with Crippen LogP contribution in [0, 0.1) is 13.8 Å². The van der Waals surface area contributed by atoms with Gasteiger partial charge in [-0.3, -0.25) is 4.79 Å². The average Bonchev–Trinajstić information content (AvgIpc) is 3.04. The third kappa shape index (κ3) is 4.76. The number of esters is 1. The van der Waals surface area contributed by atoms with Gasteiger partial charge in [0.15, 0.2) is 18.1 Å². The van der Waals surface area contributed by atoms with Crippen LogP contribution in [0.4, 0.5) is 0 Å². The minimum atomic E-state index is -0.692. The fraction of sp³-hybridized carbons (Fsp3) is 0.455. The van der Waals surface area contributed by atoms with Crippen LogP contribution < -0.4 is 14.2 Å². The molecule has 30 heavy (non-hydrogen) atoms. The second-order valence-electron chi connectivity index (χ2n) is 6.87. The molecule has 8 heteroatoms. The van der Waals surface area contributed by atoms with Crippen LogP contribution in [0.25, 0.3) is 0 Å². The van der Waals surface area contributed by atoms with E-state index < -0.39 is 5.97 Å². The number of carbonyl (C=O) groups is 2. The first-order valence-corrected chi connectivity index (χ1v) is 9.46. The lowest BCUT2D eigenvalue weighted by molar-refractivity contribution is 0.0471. The molecule has 1 heterocycles. The molecule has 1 aromatic carbocycles. The Hall–Kier alpha value is -3.00. The summed E-state index contributed by atoms with van der Waals surface area (Å²) in [5.41, 5.74) is 2.40. The molecular weight excluding hydrogens is 390 g/mol. The second-order valence-corrected chi connectivity index (χ2v) is 6.87. The number of Topliss-reactive ketones (excluding diaryl/α,β-unsaturated/α-hetero) is 1. The number of hydrogen-bond acceptors (Lipinski definition) is 7. The monoisotopic (exact) mass is 419 g/mol. The minimum absolute atomic E-state index is 0.0788. The van der Waals surface area contributed by atoms with E-state index in [0.717, 1.165) is 11.4 Å². The van der Waals surface area contributed by atoms with Crippen LogP contribution in [-0.4, -0.2) is 58.0 Å². The number of ketones is 1. The Bertz CT molecular complexity index is 917. The van der Waals surface area contributed by atoms with Gasteiger partial charge in [-0.05, 0) is 26.8 Å². The van der Waals surface area contributed by atoms with Gasteiger partial charge >= 0.3 is 5.97 Å². The molecule has 0 bridgehead atoms. The van der Waals surface area contributed by atoms with Gasteiger partial charge in [0.1, 0.15) is 11.3 Å². The number of benzene rings is 1. The Labute approximate surface area is 176 Å². The summed E-state index contributed by atoms with van der Waals surface area (Å²) in [6, 6.07) is 4.87. The van der Waals surface area contributed by atoms with Crippen LogP contribution in [-0.2, 0) is 9.47 Å². The largest absolute Gasteiger partial charge is 0.496 e. The molecule has 2 aromatic rings. The summed E-state index contributed by atoms with van der Waals surface area (Å²) in [6.07, 6.45) is 0. The number of aryl methyl sites for hydroxylation is 1. The van der Waals surface area contributed by atoms with E-state index in [1.165, 1.54) is 33.5 Å². The van der Waals surface area contributed by atoms with E-state index in [1.54, 1.807) is 13.2 Å². The summed E-state index contributed by atoms with van der Waals surface area (Å²) in [6.45, 7) is 5.94. The van der Waals surface area contributed by atoms with Crippen molar-refractivity contribution in [1.29, 1.82) is 0 Å². The van der Waals surface area contributed by atoms with E-state index in [-0.39, 0.29) is 29.7 Å². The van der Waals surface area contributed by atoms with Crippen LogP contribution >= 0.6 is 0 Å². The standard InChI is InChI=1S/C22H29NO7/c1-13-8-16(15(3)23(13)14(2)11-26-4)18(24)12-30-22(25)17-9-20(28-6)21(29-7)10-19(17)27-5/h8-10,14H,11-12H2,1-7H3/t14-/m0/s1. The van der Waals surface area contributed by atoms with Gasteiger partial charge in [-0.25, -0.2) is 4.79 Å². The Morgan fingerprint density at radius 2 is 1.50 bits per heavy atom. The van der Waals surface area contributed by atoms with Crippen molar-refractivity contribution in [2.24, 2.45) is 0 Å². The number of hydrogen-bond donors (Lipinski definition) is 0. The van der Waals surface area contributed by atoms with E-state index in [4.69, 9.17) is 23.7 Å². The van der Waals surface area contributed by atoms with Gasteiger partial charge in [-0.2, -0.15) is 0 Å². The maximum Gasteiger partial charge on any atom is 0.342 e. The molecule has 0 saturated heterocycles. The van der Waals surface area contributed by atoms with Gasteiger partial charge in [-0.1, -0.05) is 0 Å². The summed E-state index contributed by atoms with van der Waals surface area (Å²) < 4.78 is 28.2. The highest BCUT2D eigenvalue weighted by Crippen LogP contribution is 2.35. The molecule has 0 radical (unpaired) electrons. The summed E-state index contributed by atoms with van der Waals surface area (Å²) in [5, 5.41) is 0. The zero-order valence-corrected chi connectivity index (χ0v) is 18.5. The summed E-state index contributed by atoms with van der Waals surface area (Å²) >= 11 is 0. The zero-order chi connectivity index (χ0) is 22.4. The SMILES string of the molecule is COC[C@H](C)n1c(C)cc(C(=O)COC(=O)c2cc(OC)c(OC)cc2OC)c1C. The fourth-order valence-electron chi connectivity index (χ4n) is 3.53. The van der Waals surface area contributed by atoms with E-state index in [2.05, 4.69) is 0 Å². The molecule has 2 rings (SSSR count). The minimum Gasteiger partial charge on any atom is -0.496 e. The lowest BCUT2D eigenvalue weighted by atomic mass is 10.1. The predicted octanol–water partition coefficient (Wildman–Crippen LogP) is 3.38. The van der Waals surface area contributed by atoms with Crippen molar-refractivity contribution >= 4 is 11.8 Å². The van der Waals surface area contributed by atoms with Crippen LogP contribution in [0.1, 0.15) is 45.1 Å². The van der Waals surface area contributed by atoms with Crippen LogP contribution in [0.2, 0.25) is 0 Å². The fourth-order valence-corrected chi connectivity index (χ4v) is 3.53. The molecule has 8 nitrogen and oxygen atoms in total. The molecule has 0 aliphatic carbocycles. The van der Waals surface area contributed by atoms with Gasteiger partial charge in [0.2, 0.25) is 5.78 Å². The highest BCUT2D eigenvalue weighted by atomic mass is 16.5. The van der Waals surface area contributed by atoms with Gasteiger partial charge in [-0.15, -0.1) is 0 Å². The van der Waals surface area contributed by atoms with Gasteiger partial charge in [0.05, 0.1) is 34.0 Å². The first-order chi connectivity index (χ1) is 14.3. The number of rotatable bonds is 10. The molecule has 0 unspecified atom stereocenters. The highest BCUT2D eigenvalue weighted by Gasteiger charge is 2.22. The molecular formula is C22H29NO7. The van der Waals surface area contributed by atoms with Crippen LogP contribution in [0.5, 0.6) is 17.2 Å². The third-order valence-corrected chi connectivity index (χ3v) is 4.89. The normalized spacial score (nSPS) is 11.7. The second kappa shape index (κ2) is 10.2. The summed E-state index contributed by atoms with van der Waals surface area (Å²) in [7, 11) is 6.01. The summed E-state index contributed by atoms with van der Waals surface area (Å²) in [5.74, 6) is 0.0537. The maximum atomic E-state index is 12.7. The molecule has 0 N–H and O–H groups in total. The highest BCUT2D eigenvalue weighted by molar-refractivity contribution is 6.01. The van der Waals surface area contributed by atoms with E-state index in [1.807, 2.05) is 25.3 Å². The van der Waals surface area contributed by atoms with E-state index in [9.17, 15) is 9.59 Å². The first-order valence-electron chi connectivity index (χ1n) is 9.46. The van der Waals surface area contributed by atoms with Gasteiger partial charge in [0, 0.05) is 36.2 Å². The lowest BCUT2D eigenvalue weighted by Crippen LogP contribution is -2.17. The average molecular weight is 419 g/mol. The van der Waals surface area contributed by atoms with Crippen molar-refractivity contribution in [2.75, 3.05) is 41.7 Å². The van der Waals surface area contributed by atoms with Gasteiger partial charge < -0.3 is 28.3 Å². The van der Waals surface area contributed by atoms with E-state index >= 15 is 0 Å². The number of aromatic nitrogens is 1. The van der Waals surface area contributed by atoms with Crippen LogP contribution in [0.3, 0.4) is 0 Å². The molecule has 1 atom stereocenters. The molecule has 0 saturated carbocycles. The number of methoxy groups -OCH3 is 4. The van der Waals surface area contributed by atoms with Gasteiger partial charge in [0.25, 0.3) is 0 Å². The lowest BCUT2D eigenvalue weighted by Gasteiger charge is -2.17. The first kappa shape index (κ1) is 23.3. The van der Waals surface area contributed by atoms with Crippen molar-refractivity contribution in [2.45, 2.75) is 26.8 Å². The smallest absolute Gasteiger partial charge is 0.342 e. The molecule has 0 aliphatic heterocycles. The van der Waals surface area contributed by atoms with Crippen molar-refractivity contribution in [3.05, 3.63) is 40.7 Å². The van der Waals surface area contributed by atoms with Crippen molar-refractivity contribution in [1.82, 2.24) is 4.57 Å². The third-order valence-electron chi connectivity index (χ3n) is 4.89. The Kier molecular flexibility index (Phi) is 7.88. The van der Waals surface area contributed by atoms with Crippen molar-refractivity contribution < 1.29 is 33.3 Å². The quantitative estimate of drug-likeness (QED) is 0.431. The summed E-state index contributed by atoms with van der Waals surface area (Å²) in [4.78, 5) is 25.3. The number of ether oxygens (including phenoxy) is 5.